The Morgan fingerprint density at radius 3 is 2.69 bits per heavy atom. The van der Waals surface area contributed by atoms with Gasteiger partial charge in [0.25, 0.3) is 0 Å². The predicted octanol–water partition coefficient (Wildman–Crippen LogP) is 1.92. The van der Waals surface area contributed by atoms with Crippen molar-refractivity contribution in [2.24, 2.45) is 7.05 Å². The number of nitrogens with one attached hydrogen (secondary N) is 1. The molecule has 0 saturated heterocycles. The first-order valence-electron chi connectivity index (χ1n) is 5.40. The molecule has 2 aromatic heterocycles. The number of hydrogen-bond acceptors (Lipinski definition) is 3. The van der Waals surface area contributed by atoms with Crippen LogP contribution in [0.3, 0.4) is 0 Å². The van der Waals surface area contributed by atoms with Crippen LogP contribution in [0.2, 0.25) is 0 Å². The fourth-order valence-electron chi connectivity index (χ4n) is 1.72. The van der Waals surface area contributed by atoms with E-state index in [2.05, 4.69) is 16.5 Å². The molecule has 0 atom stereocenters. The largest absolute Gasteiger partial charge is 0.465 e. The Hall–Kier alpha value is -1.55. The van der Waals surface area contributed by atoms with Gasteiger partial charge in [-0.3, -0.25) is 4.68 Å². The zero-order valence-corrected chi connectivity index (χ0v) is 9.95. The van der Waals surface area contributed by atoms with Gasteiger partial charge in [0.1, 0.15) is 11.5 Å². The first-order chi connectivity index (χ1) is 7.65. The molecule has 16 heavy (non-hydrogen) atoms. The van der Waals surface area contributed by atoms with Crippen LogP contribution in [0.5, 0.6) is 0 Å². The molecule has 86 valence electrons. The fourth-order valence-corrected chi connectivity index (χ4v) is 1.72. The van der Waals surface area contributed by atoms with Gasteiger partial charge in [0.15, 0.2) is 0 Å². The lowest BCUT2D eigenvalue weighted by Crippen LogP contribution is -2.14. The van der Waals surface area contributed by atoms with Crippen LogP contribution < -0.4 is 5.32 Å². The summed E-state index contributed by atoms with van der Waals surface area (Å²) in [4.78, 5) is 0. The van der Waals surface area contributed by atoms with Crippen LogP contribution in [0.25, 0.3) is 0 Å². The van der Waals surface area contributed by atoms with Gasteiger partial charge in [-0.05, 0) is 32.0 Å². The number of furan rings is 1. The summed E-state index contributed by atoms with van der Waals surface area (Å²) in [6.45, 7) is 5.50. The van der Waals surface area contributed by atoms with Gasteiger partial charge in [0.05, 0.1) is 17.9 Å². The molecule has 4 heteroatoms. The molecule has 0 radical (unpaired) electrons. The molecule has 0 aromatic carbocycles. The van der Waals surface area contributed by atoms with Crippen LogP contribution in [0.4, 0.5) is 0 Å². The maximum absolute atomic E-state index is 5.47. The van der Waals surface area contributed by atoms with E-state index in [-0.39, 0.29) is 0 Å². The Morgan fingerprint density at radius 1 is 1.31 bits per heavy atom. The molecular weight excluding hydrogens is 202 g/mol. The van der Waals surface area contributed by atoms with E-state index in [4.69, 9.17) is 4.42 Å². The minimum Gasteiger partial charge on any atom is -0.465 e. The number of aromatic nitrogens is 2. The van der Waals surface area contributed by atoms with E-state index >= 15 is 0 Å². The van der Waals surface area contributed by atoms with Crippen LogP contribution in [0, 0.1) is 13.8 Å². The molecular formula is C12H17N3O. The molecule has 0 unspecified atom stereocenters. The Labute approximate surface area is 95.3 Å². The number of rotatable bonds is 4. The van der Waals surface area contributed by atoms with Crippen LogP contribution in [-0.2, 0) is 20.1 Å². The number of hydrogen-bond donors (Lipinski definition) is 1. The van der Waals surface area contributed by atoms with Crippen molar-refractivity contribution in [1.82, 2.24) is 15.1 Å². The summed E-state index contributed by atoms with van der Waals surface area (Å²) in [6, 6.07) is 6.06. The Morgan fingerprint density at radius 2 is 2.12 bits per heavy atom. The van der Waals surface area contributed by atoms with Crippen molar-refractivity contribution < 1.29 is 4.42 Å². The average molecular weight is 219 g/mol. The van der Waals surface area contributed by atoms with Gasteiger partial charge in [0.2, 0.25) is 0 Å². The first-order valence-corrected chi connectivity index (χ1v) is 5.40. The minimum atomic E-state index is 0.748. The second-order valence-electron chi connectivity index (χ2n) is 4.02. The normalized spacial score (nSPS) is 10.9. The second kappa shape index (κ2) is 4.53. The Balaban J connectivity index is 1.86. The SMILES string of the molecule is Cc1cc(CNCc2ccc(C)o2)n(C)n1. The topological polar surface area (TPSA) is 43.0 Å². The van der Waals surface area contributed by atoms with Crippen LogP contribution >= 0.6 is 0 Å². The molecule has 2 rings (SSSR count). The van der Waals surface area contributed by atoms with Gasteiger partial charge in [-0.15, -0.1) is 0 Å². The van der Waals surface area contributed by atoms with E-state index in [1.54, 1.807) is 0 Å². The van der Waals surface area contributed by atoms with Gasteiger partial charge >= 0.3 is 0 Å². The van der Waals surface area contributed by atoms with Crippen molar-refractivity contribution in [3.8, 4) is 0 Å². The summed E-state index contributed by atoms with van der Waals surface area (Å²) in [7, 11) is 1.96. The maximum atomic E-state index is 5.47. The monoisotopic (exact) mass is 219 g/mol. The van der Waals surface area contributed by atoms with Crippen LogP contribution in [0.1, 0.15) is 22.9 Å². The lowest BCUT2D eigenvalue weighted by atomic mass is 10.3. The maximum Gasteiger partial charge on any atom is 0.117 e. The summed E-state index contributed by atoms with van der Waals surface area (Å²) in [5.41, 5.74) is 2.23. The molecule has 2 aromatic rings. The zero-order valence-electron chi connectivity index (χ0n) is 9.95. The van der Waals surface area contributed by atoms with Gasteiger partial charge in [-0.1, -0.05) is 0 Å². The van der Waals surface area contributed by atoms with Crippen molar-refractivity contribution in [2.45, 2.75) is 26.9 Å². The summed E-state index contributed by atoms with van der Waals surface area (Å²) >= 11 is 0. The van der Waals surface area contributed by atoms with Crippen molar-refractivity contribution in [3.63, 3.8) is 0 Å². The minimum absolute atomic E-state index is 0.748. The molecule has 0 aliphatic heterocycles. The third-order valence-electron chi connectivity index (χ3n) is 2.50. The van der Waals surface area contributed by atoms with E-state index in [1.165, 1.54) is 5.69 Å². The van der Waals surface area contributed by atoms with Gasteiger partial charge < -0.3 is 9.73 Å². The van der Waals surface area contributed by atoms with E-state index < -0.39 is 0 Å². The highest BCUT2D eigenvalue weighted by molar-refractivity contribution is 5.09. The first kappa shape index (κ1) is 11.0. The second-order valence-corrected chi connectivity index (χ2v) is 4.02. The molecule has 1 N–H and O–H groups in total. The zero-order chi connectivity index (χ0) is 11.5. The quantitative estimate of drug-likeness (QED) is 0.854. The standard InChI is InChI=1S/C12H17N3O/c1-9-6-11(15(3)14-9)7-13-8-12-5-4-10(2)16-12/h4-6,13H,7-8H2,1-3H3. The smallest absolute Gasteiger partial charge is 0.117 e. The van der Waals surface area contributed by atoms with E-state index in [0.717, 1.165) is 30.3 Å². The van der Waals surface area contributed by atoms with Crippen LogP contribution in [-0.4, -0.2) is 9.78 Å². The van der Waals surface area contributed by atoms with E-state index in [0.29, 0.717) is 0 Å². The third kappa shape index (κ3) is 2.52. The highest BCUT2D eigenvalue weighted by Crippen LogP contribution is 2.06. The summed E-state index contributed by atoms with van der Waals surface area (Å²) in [5.74, 6) is 1.92. The molecule has 0 saturated carbocycles. The molecule has 2 heterocycles. The number of nitrogens with zero attached hydrogens (tertiary/aromatic N) is 2. The van der Waals surface area contributed by atoms with Crippen molar-refractivity contribution >= 4 is 0 Å². The number of aryl methyl sites for hydroxylation is 3. The van der Waals surface area contributed by atoms with Crippen molar-refractivity contribution in [2.75, 3.05) is 0 Å². The molecule has 0 bridgehead atoms. The van der Waals surface area contributed by atoms with Gasteiger partial charge in [0, 0.05) is 13.6 Å². The Bertz CT molecular complexity index is 470. The molecule has 0 spiro atoms. The average Bonchev–Trinajstić information content (AvgIpc) is 2.74. The van der Waals surface area contributed by atoms with Crippen molar-refractivity contribution in [3.05, 3.63) is 41.1 Å². The lowest BCUT2D eigenvalue weighted by Gasteiger charge is -2.02. The molecule has 0 aliphatic rings. The van der Waals surface area contributed by atoms with E-state index in [9.17, 15) is 0 Å². The summed E-state index contributed by atoms with van der Waals surface area (Å²) < 4.78 is 7.37. The molecule has 4 nitrogen and oxygen atoms in total. The summed E-state index contributed by atoms with van der Waals surface area (Å²) in [5, 5.41) is 7.62. The molecule has 0 fully saturated rings. The lowest BCUT2D eigenvalue weighted by molar-refractivity contribution is 0.459. The van der Waals surface area contributed by atoms with Gasteiger partial charge in [-0.25, -0.2) is 0 Å². The van der Waals surface area contributed by atoms with Crippen molar-refractivity contribution in [1.29, 1.82) is 0 Å². The molecule has 0 aliphatic carbocycles. The predicted molar refractivity (Wildman–Crippen MR) is 61.9 cm³/mol. The van der Waals surface area contributed by atoms with Gasteiger partial charge in [-0.2, -0.15) is 5.10 Å². The molecule has 0 amide bonds. The fraction of sp³-hybridized carbons (Fsp3) is 0.417. The highest BCUT2D eigenvalue weighted by Gasteiger charge is 2.02. The van der Waals surface area contributed by atoms with E-state index in [1.807, 2.05) is 37.7 Å². The highest BCUT2D eigenvalue weighted by atomic mass is 16.3. The Kier molecular flexibility index (Phi) is 3.10. The van der Waals surface area contributed by atoms with Crippen LogP contribution in [0.15, 0.2) is 22.6 Å². The third-order valence-corrected chi connectivity index (χ3v) is 2.50. The summed E-state index contributed by atoms with van der Waals surface area (Å²) in [6.07, 6.45) is 0.